The van der Waals surface area contributed by atoms with Crippen LogP contribution in [0.4, 0.5) is 0 Å². The van der Waals surface area contributed by atoms with Gasteiger partial charge < -0.3 is 0 Å². The van der Waals surface area contributed by atoms with Crippen molar-refractivity contribution in [2.45, 2.75) is 0 Å². The molecule has 0 N–H and O–H groups in total. The first-order chi connectivity index (χ1) is 8.79. The van der Waals surface area contributed by atoms with E-state index in [1.165, 1.54) is 6.08 Å². The average molecular weight is 233 g/mol. The van der Waals surface area contributed by atoms with Crippen molar-refractivity contribution in [3.63, 3.8) is 0 Å². The van der Waals surface area contributed by atoms with E-state index in [1.54, 1.807) is 30.3 Å². The van der Waals surface area contributed by atoms with E-state index in [-0.39, 0.29) is 5.78 Å². The predicted octanol–water partition coefficient (Wildman–Crippen LogP) is 3.45. The molecular weight excluding hydrogens is 222 g/mol. The van der Waals surface area contributed by atoms with Crippen LogP contribution in [0, 0.1) is 11.3 Å². The summed E-state index contributed by atoms with van der Waals surface area (Å²) in [5, 5.41) is 8.67. The van der Waals surface area contributed by atoms with Gasteiger partial charge in [-0.2, -0.15) is 5.26 Å². The molecule has 0 saturated carbocycles. The first-order valence-corrected chi connectivity index (χ1v) is 5.57. The molecule has 0 amide bonds. The third kappa shape index (κ3) is 2.93. The number of ketones is 1. The molecule has 0 aliphatic carbocycles. The molecule has 2 nitrogen and oxygen atoms in total. The Bertz CT molecular complexity index is 604. The summed E-state index contributed by atoms with van der Waals surface area (Å²) in [5.41, 5.74) is 2.12. The molecule has 2 aromatic rings. The number of nitriles is 1. The summed E-state index contributed by atoms with van der Waals surface area (Å²) >= 11 is 0. The minimum Gasteiger partial charge on any atom is -0.289 e. The lowest BCUT2D eigenvalue weighted by Gasteiger charge is -1.96. The molecule has 0 bridgehead atoms. The molecule has 0 saturated heterocycles. The fourth-order valence-corrected chi connectivity index (χ4v) is 1.54. The standard InChI is InChI=1S/C16H11NO/c17-12-14-6-9-15(10-7-14)16(18)11-8-13-4-2-1-3-5-13/h1-11H. The highest BCUT2D eigenvalue weighted by Crippen LogP contribution is 2.07. The van der Waals surface area contributed by atoms with Gasteiger partial charge in [-0.15, -0.1) is 0 Å². The van der Waals surface area contributed by atoms with Crippen molar-refractivity contribution >= 4 is 11.9 Å². The Balaban J connectivity index is 2.12. The average Bonchev–Trinajstić information content (AvgIpc) is 2.46. The minimum atomic E-state index is -0.0663. The number of carbonyl (C=O) groups is 1. The Labute approximate surface area is 106 Å². The molecule has 0 atom stereocenters. The van der Waals surface area contributed by atoms with Crippen molar-refractivity contribution in [3.8, 4) is 6.07 Å². The fourth-order valence-electron chi connectivity index (χ4n) is 1.54. The summed E-state index contributed by atoms with van der Waals surface area (Å²) in [6, 6.07) is 18.3. The zero-order valence-corrected chi connectivity index (χ0v) is 9.71. The largest absolute Gasteiger partial charge is 0.289 e. The SMILES string of the molecule is N#Cc1ccc(C(=O)C=Cc2ccccc2)cc1. The number of benzene rings is 2. The molecular formula is C16H11NO. The van der Waals surface area contributed by atoms with Crippen LogP contribution >= 0.6 is 0 Å². The van der Waals surface area contributed by atoms with Gasteiger partial charge in [-0.1, -0.05) is 36.4 Å². The number of carbonyl (C=O) groups excluding carboxylic acids is 1. The summed E-state index contributed by atoms with van der Waals surface area (Å²) in [4.78, 5) is 11.8. The van der Waals surface area contributed by atoms with E-state index in [9.17, 15) is 4.79 Å². The van der Waals surface area contributed by atoms with E-state index < -0.39 is 0 Å². The molecule has 0 aliphatic heterocycles. The van der Waals surface area contributed by atoms with Crippen molar-refractivity contribution in [1.29, 1.82) is 5.26 Å². The summed E-state index contributed by atoms with van der Waals surface area (Å²) in [6.45, 7) is 0. The lowest BCUT2D eigenvalue weighted by molar-refractivity contribution is 0.104. The molecule has 0 aromatic heterocycles. The van der Waals surface area contributed by atoms with Gasteiger partial charge in [-0.05, 0) is 35.9 Å². The maximum Gasteiger partial charge on any atom is 0.185 e. The van der Waals surface area contributed by atoms with Gasteiger partial charge in [-0.3, -0.25) is 4.79 Å². The molecule has 0 radical (unpaired) electrons. The summed E-state index contributed by atoms with van der Waals surface area (Å²) in [5.74, 6) is -0.0663. The first-order valence-electron chi connectivity index (χ1n) is 5.57. The molecule has 0 heterocycles. The Morgan fingerprint density at radius 1 is 1.00 bits per heavy atom. The normalized spacial score (nSPS) is 10.2. The Morgan fingerprint density at radius 3 is 2.28 bits per heavy atom. The molecule has 0 aliphatic rings. The van der Waals surface area contributed by atoms with E-state index in [2.05, 4.69) is 0 Å². The lowest BCUT2D eigenvalue weighted by atomic mass is 10.1. The van der Waals surface area contributed by atoms with E-state index in [0.29, 0.717) is 11.1 Å². The predicted molar refractivity (Wildman–Crippen MR) is 71.0 cm³/mol. The van der Waals surface area contributed by atoms with E-state index >= 15 is 0 Å². The monoisotopic (exact) mass is 233 g/mol. The van der Waals surface area contributed by atoms with Gasteiger partial charge in [0.15, 0.2) is 5.78 Å². The summed E-state index contributed by atoms with van der Waals surface area (Å²) in [6.07, 6.45) is 3.32. The van der Waals surface area contributed by atoms with Crippen molar-refractivity contribution in [1.82, 2.24) is 0 Å². The van der Waals surface area contributed by atoms with Crippen molar-refractivity contribution in [3.05, 3.63) is 77.4 Å². The third-order valence-electron chi connectivity index (χ3n) is 2.53. The van der Waals surface area contributed by atoms with Gasteiger partial charge in [0.25, 0.3) is 0 Å². The van der Waals surface area contributed by atoms with Crippen LogP contribution in [0.3, 0.4) is 0 Å². The zero-order chi connectivity index (χ0) is 12.8. The third-order valence-corrected chi connectivity index (χ3v) is 2.53. The quantitative estimate of drug-likeness (QED) is 0.601. The highest BCUT2D eigenvalue weighted by Gasteiger charge is 2.01. The van der Waals surface area contributed by atoms with Gasteiger partial charge in [0, 0.05) is 5.56 Å². The van der Waals surface area contributed by atoms with Crippen LogP contribution in [0.1, 0.15) is 21.5 Å². The van der Waals surface area contributed by atoms with Gasteiger partial charge in [-0.25, -0.2) is 0 Å². The molecule has 0 fully saturated rings. The van der Waals surface area contributed by atoms with Crippen LogP contribution in [0.15, 0.2) is 60.7 Å². The van der Waals surface area contributed by atoms with E-state index in [0.717, 1.165) is 5.56 Å². The fraction of sp³-hybridized carbons (Fsp3) is 0. The summed E-state index contributed by atoms with van der Waals surface area (Å²) in [7, 11) is 0. The number of allylic oxidation sites excluding steroid dienone is 1. The van der Waals surface area contributed by atoms with Gasteiger partial charge in [0.1, 0.15) is 0 Å². The van der Waals surface area contributed by atoms with Crippen molar-refractivity contribution in [2.24, 2.45) is 0 Å². The topological polar surface area (TPSA) is 40.9 Å². The highest BCUT2D eigenvalue weighted by atomic mass is 16.1. The number of hydrogen-bond acceptors (Lipinski definition) is 2. The van der Waals surface area contributed by atoms with Crippen LogP contribution in [0.5, 0.6) is 0 Å². The lowest BCUT2D eigenvalue weighted by Crippen LogP contribution is -1.93. The number of rotatable bonds is 3. The molecule has 0 unspecified atom stereocenters. The molecule has 0 spiro atoms. The Kier molecular flexibility index (Phi) is 3.68. The van der Waals surface area contributed by atoms with Crippen LogP contribution in [0.25, 0.3) is 6.08 Å². The summed E-state index contributed by atoms with van der Waals surface area (Å²) < 4.78 is 0. The van der Waals surface area contributed by atoms with Gasteiger partial charge in [0.2, 0.25) is 0 Å². The van der Waals surface area contributed by atoms with Crippen LogP contribution < -0.4 is 0 Å². The number of nitrogens with zero attached hydrogens (tertiary/aromatic N) is 1. The van der Waals surface area contributed by atoms with Crippen molar-refractivity contribution in [2.75, 3.05) is 0 Å². The Morgan fingerprint density at radius 2 is 1.67 bits per heavy atom. The van der Waals surface area contributed by atoms with Crippen LogP contribution in [-0.4, -0.2) is 5.78 Å². The second kappa shape index (κ2) is 5.60. The van der Waals surface area contributed by atoms with Crippen LogP contribution in [0.2, 0.25) is 0 Å². The smallest absolute Gasteiger partial charge is 0.185 e. The second-order valence-corrected chi connectivity index (χ2v) is 3.80. The highest BCUT2D eigenvalue weighted by molar-refractivity contribution is 6.06. The van der Waals surface area contributed by atoms with Gasteiger partial charge in [0.05, 0.1) is 11.6 Å². The molecule has 2 aromatic carbocycles. The molecule has 2 rings (SSSR count). The van der Waals surface area contributed by atoms with E-state index in [4.69, 9.17) is 5.26 Å². The van der Waals surface area contributed by atoms with Crippen LogP contribution in [-0.2, 0) is 0 Å². The van der Waals surface area contributed by atoms with Crippen molar-refractivity contribution < 1.29 is 4.79 Å². The maximum absolute atomic E-state index is 11.8. The van der Waals surface area contributed by atoms with E-state index in [1.807, 2.05) is 36.4 Å². The van der Waals surface area contributed by atoms with Gasteiger partial charge >= 0.3 is 0 Å². The molecule has 18 heavy (non-hydrogen) atoms. The maximum atomic E-state index is 11.8. The second-order valence-electron chi connectivity index (χ2n) is 3.80. The number of hydrogen-bond donors (Lipinski definition) is 0. The zero-order valence-electron chi connectivity index (χ0n) is 9.71. The minimum absolute atomic E-state index is 0.0663. The molecule has 86 valence electrons. The Hall–Kier alpha value is -2.66. The molecule has 2 heteroatoms. The first kappa shape index (κ1) is 11.8.